The van der Waals surface area contributed by atoms with Crippen LogP contribution in [-0.2, 0) is 5.41 Å². The molecule has 5 aromatic carbocycles. The number of fused-ring (bicyclic) bond motifs is 4. The lowest BCUT2D eigenvalue weighted by atomic mass is 9.60. The van der Waals surface area contributed by atoms with E-state index in [2.05, 4.69) is 146 Å². The molecule has 45 heavy (non-hydrogen) atoms. The van der Waals surface area contributed by atoms with Crippen LogP contribution in [0, 0.1) is 30.1 Å². The summed E-state index contributed by atoms with van der Waals surface area (Å²) in [4.78, 5) is 0. The quantitative estimate of drug-likeness (QED) is 0.142. The average Bonchev–Trinajstić information content (AvgIpc) is 3.40. The molecule has 0 spiro atoms. The van der Waals surface area contributed by atoms with Crippen LogP contribution in [0.1, 0.15) is 43.4 Å². The van der Waals surface area contributed by atoms with Gasteiger partial charge in [-0.25, -0.2) is 0 Å². The lowest BCUT2D eigenvalue weighted by Gasteiger charge is -2.41. The summed E-state index contributed by atoms with van der Waals surface area (Å²) in [5, 5.41) is 4.88. The van der Waals surface area contributed by atoms with Crippen LogP contribution in [0.25, 0.3) is 55.0 Å². The highest BCUT2D eigenvalue weighted by molar-refractivity contribution is 6.17. The average molecular weight is 578 g/mol. The molecule has 2 atom stereocenters. The third kappa shape index (κ3) is 4.28. The first kappa shape index (κ1) is 28.3. The Morgan fingerprint density at radius 1 is 0.867 bits per heavy atom. The normalized spacial score (nSPS) is 17.1. The highest BCUT2D eigenvalue weighted by atomic mass is 15.0. The molecule has 0 saturated carbocycles. The maximum Gasteiger partial charge on any atom is 0.0622 e. The van der Waals surface area contributed by atoms with Crippen molar-refractivity contribution in [1.82, 2.24) is 4.57 Å². The summed E-state index contributed by atoms with van der Waals surface area (Å²) in [5.74, 6) is 9.83. The van der Waals surface area contributed by atoms with Crippen LogP contribution < -0.4 is 0 Å². The molecule has 2 unspecified atom stereocenters. The highest BCUT2D eigenvalue weighted by Crippen LogP contribution is 2.53. The Labute approximate surface area is 266 Å². The van der Waals surface area contributed by atoms with Gasteiger partial charge in [0.1, 0.15) is 0 Å². The molecular weight excluding hydrogens is 542 g/mol. The van der Waals surface area contributed by atoms with E-state index in [1.165, 1.54) is 32.7 Å². The van der Waals surface area contributed by atoms with Crippen LogP contribution in [0.3, 0.4) is 0 Å². The molecule has 0 N–H and O–H groups in total. The molecule has 1 heterocycles. The van der Waals surface area contributed by atoms with Crippen molar-refractivity contribution >= 4 is 38.2 Å². The summed E-state index contributed by atoms with van der Waals surface area (Å²) in [6.07, 6.45) is 12.2. The van der Waals surface area contributed by atoms with Crippen molar-refractivity contribution in [2.24, 2.45) is 5.92 Å². The first-order valence-corrected chi connectivity index (χ1v) is 15.5. The number of terminal acetylenes is 1. The van der Waals surface area contributed by atoms with Gasteiger partial charge in [0.05, 0.1) is 17.0 Å². The molecule has 1 heteroatoms. The predicted octanol–water partition coefficient (Wildman–Crippen LogP) is 11.0. The largest absolute Gasteiger partial charge is 0.309 e. The minimum atomic E-state index is -0.216. The molecule has 0 bridgehead atoms. The number of hydrogen-bond donors (Lipinski definition) is 0. The van der Waals surface area contributed by atoms with Crippen LogP contribution in [0.15, 0.2) is 128 Å². The van der Waals surface area contributed by atoms with E-state index in [9.17, 15) is 0 Å². The van der Waals surface area contributed by atoms with Gasteiger partial charge in [-0.2, -0.15) is 0 Å². The standard InChI is InChI=1S/C44H35N/c1-7-17-29(9-3)32-25-33(30-19-12-11-13-20-30)27-34(26-32)45-40-24-15-14-22-36(40)37-28-31-21-16-23-39-41(31)42(43(37)45)35(10-4)38(18-8-2)44(39,5)6/h4,7,9,11-17,19-28,35,38H,1,3H2,2,5-6H3/b29-17+. The first-order chi connectivity index (χ1) is 21.9. The monoisotopic (exact) mass is 577 g/mol. The third-order valence-corrected chi connectivity index (χ3v) is 9.56. The summed E-state index contributed by atoms with van der Waals surface area (Å²) < 4.78 is 2.43. The summed E-state index contributed by atoms with van der Waals surface area (Å²) in [5.41, 5.74) is 10.0. The van der Waals surface area contributed by atoms with Crippen LogP contribution in [0.5, 0.6) is 0 Å². The Kier molecular flexibility index (Phi) is 6.85. The van der Waals surface area contributed by atoms with E-state index in [4.69, 9.17) is 6.42 Å². The lowest BCUT2D eigenvalue weighted by molar-refractivity contribution is 0.366. The van der Waals surface area contributed by atoms with Crippen molar-refractivity contribution in [1.29, 1.82) is 0 Å². The van der Waals surface area contributed by atoms with Crippen molar-refractivity contribution in [2.45, 2.75) is 32.1 Å². The molecule has 216 valence electrons. The van der Waals surface area contributed by atoms with Crippen molar-refractivity contribution in [3.8, 4) is 41.0 Å². The second-order valence-corrected chi connectivity index (χ2v) is 12.4. The maximum atomic E-state index is 6.51. The number of nitrogens with zero attached hydrogens (tertiary/aromatic N) is 1. The Morgan fingerprint density at radius 2 is 1.64 bits per heavy atom. The van der Waals surface area contributed by atoms with Gasteiger partial charge in [0.15, 0.2) is 0 Å². The van der Waals surface area contributed by atoms with Crippen LogP contribution in [0.4, 0.5) is 0 Å². The van der Waals surface area contributed by atoms with E-state index in [0.29, 0.717) is 0 Å². The van der Waals surface area contributed by atoms with Gasteiger partial charge in [0, 0.05) is 33.4 Å². The Bertz CT molecular complexity index is 2300. The molecule has 6 aromatic rings. The Balaban J connectivity index is 1.70. The molecule has 0 radical (unpaired) electrons. The number of allylic oxidation sites excluding steroid dienone is 4. The zero-order valence-electron chi connectivity index (χ0n) is 26.1. The number of aromatic nitrogens is 1. The van der Waals surface area contributed by atoms with E-state index < -0.39 is 0 Å². The zero-order valence-corrected chi connectivity index (χ0v) is 26.1. The number of para-hydroxylation sites is 1. The van der Waals surface area contributed by atoms with Crippen LogP contribution in [0.2, 0.25) is 0 Å². The van der Waals surface area contributed by atoms with E-state index in [1.807, 2.05) is 25.2 Å². The number of benzene rings is 5. The number of hydrogen-bond acceptors (Lipinski definition) is 0. The first-order valence-electron chi connectivity index (χ1n) is 15.5. The molecule has 0 fully saturated rings. The molecule has 1 aliphatic rings. The van der Waals surface area contributed by atoms with Crippen molar-refractivity contribution < 1.29 is 0 Å². The molecule has 1 aliphatic carbocycles. The van der Waals surface area contributed by atoms with Crippen LogP contribution in [-0.4, -0.2) is 4.57 Å². The molecule has 0 aliphatic heterocycles. The Morgan fingerprint density at radius 3 is 2.38 bits per heavy atom. The molecule has 1 aromatic heterocycles. The van der Waals surface area contributed by atoms with Gasteiger partial charge in [-0.1, -0.05) is 124 Å². The molecule has 7 rings (SSSR count). The third-order valence-electron chi connectivity index (χ3n) is 9.56. The lowest BCUT2D eigenvalue weighted by Crippen LogP contribution is -2.36. The fourth-order valence-electron chi connectivity index (χ4n) is 7.51. The molecular formula is C44H35N. The Hall–Kier alpha value is -5.50. The molecule has 1 nitrogen and oxygen atoms in total. The van der Waals surface area contributed by atoms with E-state index in [-0.39, 0.29) is 17.3 Å². The smallest absolute Gasteiger partial charge is 0.0622 e. The predicted molar refractivity (Wildman–Crippen MR) is 194 cm³/mol. The number of rotatable bonds is 5. The molecule has 0 amide bonds. The minimum Gasteiger partial charge on any atom is -0.309 e. The zero-order chi connectivity index (χ0) is 31.3. The van der Waals surface area contributed by atoms with Crippen molar-refractivity contribution in [2.75, 3.05) is 0 Å². The van der Waals surface area contributed by atoms with Gasteiger partial charge in [0.25, 0.3) is 0 Å². The second kappa shape index (κ2) is 10.9. The van der Waals surface area contributed by atoms with Crippen molar-refractivity contribution in [3.05, 3.63) is 145 Å². The highest BCUT2D eigenvalue weighted by Gasteiger charge is 2.43. The van der Waals surface area contributed by atoms with Crippen molar-refractivity contribution in [3.63, 3.8) is 0 Å². The van der Waals surface area contributed by atoms with E-state index in [0.717, 1.165) is 39.0 Å². The maximum absolute atomic E-state index is 6.51. The fraction of sp³-hybridized carbons (Fsp3) is 0.136. The van der Waals surface area contributed by atoms with Gasteiger partial charge in [0.2, 0.25) is 0 Å². The van der Waals surface area contributed by atoms with Gasteiger partial charge < -0.3 is 4.57 Å². The summed E-state index contributed by atoms with van der Waals surface area (Å²) in [7, 11) is 0. The van der Waals surface area contributed by atoms with Gasteiger partial charge in [-0.05, 0) is 75.9 Å². The summed E-state index contributed by atoms with van der Waals surface area (Å²) >= 11 is 0. The van der Waals surface area contributed by atoms with Gasteiger partial charge >= 0.3 is 0 Å². The topological polar surface area (TPSA) is 4.93 Å². The van der Waals surface area contributed by atoms with Gasteiger partial charge in [-0.3, -0.25) is 0 Å². The SMILES string of the molecule is C#CC1c2c3c(cccc3cc3c4ccccc4n(-c4cc(/C(C=C)=C/C=C)cc(-c5ccccc5)c4)c23)C(C)(C)C1C#CC. The van der Waals surface area contributed by atoms with E-state index in [1.54, 1.807) is 0 Å². The van der Waals surface area contributed by atoms with Crippen LogP contribution >= 0.6 is 0 Å². The minimum absolute atomic E-state index is 0.0308. The summed E-state index contributed by atoms with van der Waals surface area (Å²) in [6, 6.07) is 35.1. The van der Waals surface area contributed by atoms with E-state index >= 15 is 0 Å². The van der Waals surface area contributed by atoms with Gasteiger partial charge in [-0.15, -0.1) is 12.3 Å². The molecule has 0 saturated heterocycles. The summed E-state index contributed by atoms with van der Waals surface area (Å²) in [6.45, 7) is 14.6. The second-order valence-electron chi connectivity index (χ2n) is 12.4. The fourth-order valence-corrected chi connectivity index (χ4v) is 7.51.